The molecule has 0 aromatic rings. The van der Waals surface area contributed by atoms with Crippen molar-refractivity contribution in [1.82, 2.24) is 10.6 Å². The lowest BCUT2D eigenvalue weighted by Crippen LogP contribution is -2.46. The number of hydrogen-bond donors (Lipinski definition) is 3. The highest BCUT2D eigenvalue weighted by Gasteiger charge is 2.28. The second-order valence-corrected chi connectivity index (χ2v) is 3.94. The second kappa shape index (κ2) is 5.26. The molecule has 2 unspecified atom stereocenters. The third kappa shape index (κ3) is 3.63. The predicted molar refractivity (Wildman–Crippen MR) is 49.8 cm³/mol. The summed E-state index contributed by atoms with van der Waals surface area (Å²) in [5, 5.41) is 12.9. The molecule has 86 valence electrons. The summed E-state index contributed by atoms with van der Waals surface area (Å²) >= 11 is 0.953. The molecule has 0 aromatic carbocycles. The number of nitrogens with one attached hydrogen (secondary N) is 2. The van der Waals surface area contributed by atoms with E-state index in [9.17, 15) is 18.4 Å². The number of halogens is 2. The van der Waals surface area contributed by atoms with Gasteiger partial charge in [0.25, 0.3) is 11.7 Å². The molecule has 8 heteroatoms. The van der Waals surface area contributed by atoms with E-state index in [4.69, 9.17) is 5.11 Å². The fourth-order valence-electron chi connectivity index (χ4n) is 0.943. The van der Waals surface area contributed by atoms with E-state index in [1.807, 2.05) is 0 Å². The van der Waals surface area contributed by atoms with Crippen LogP contribution in [-0.2, 0) is 4.79 Å². The highest BCUT2D eigenvalue weighted by molar-refractivity contribution is 8.14. The van der Waals surface area contributed by atoms with Gasteiger partial charge in [-0.3, -0.25) is 9.59 Å². The molecule has 1 saturated heterocycles. The van der Waals surface area contributed by atoms with E-state index in [0.29, 0.717) is 0 Å². The van der Waals surface area contributed by atoms with Crippen LogP contribution >= 0.6 is 11.8 Å². The Kier molecular flexibility index (Phi) is 4.28. The van der Waals surface area contributed by atoms with Gasteiger partial charge in [0, 0.05) is 12.3 Å². The standard InChI is InChI=1S/C7H10F2N2O3S/c8-5(9)4(12)1-10-6(13)3-2-15-7(14)11-3/h3-5,12H,1-2H2,(H,10,13)(H,11,14). The van der Waals surface area contributed by atoms with Gasteiger partial charge in [-0.2, -0.15) is 0 Å². The summed E-state index contributed by atoms with van der Waals surface area (Å²) in [6.07, 6.45) is -4.77. The average Bonchev–Trinajstić information content (AvgIpc) is 2.60. The third-order valence-corrected chi connectivity index (χ3v) is 2.65. The zero-order chi connectivity index (χ0) is 11.4. The lowest BCUT2D eigenvalue weighted by Gasteiger charge is -2.13. The first-order valence-corrected chi connectivity index (χ1v) is 5.16. The average molecular weight is 240 g/mol. The van der Waals surface area contributed by atoms with Gasteiger partial charge in [-0.15, -0.1) is 0 Å². The van der Waals surface area contributed by atoms with Gasteiger partial charge >= 0.3 is 0 Å². The number of hydrogen-bond acceptors (Lipinski definition) is 4. The minimum atomic E-state index is -2.89. The number of rotatable bonds is 4. The zero-order valence-corrected chi connectivity index (χ0v) is 8.39. The van der Waals surface area contributed by atoms with Gasteiger partial charge < -0.3 is 15.7 Å². The van der Waals surface area contributed by atoms with E-state index in [1.165, 1.54) is 0 Å². The second-order valence-electron chi connectivity index (χ2n) is 2.94. The Morgan fingerprint density at radius 3 is 2.87 bits per heavy atom. The molecule has 1 heterocycles. The van der Waals surface area contributed by atoms with E-state index in [-0.39, 0.29) is 11.0 Å². The number of thioether (sulfide) groups is 1. The van der Waals surface area contributed by atoms with Crippen LogP contribution in [0.5, 0.6) is 0 Å². The van der Waals surface area contributed by atoms with Gasteiger partial charge in [-0.25, -0.2) is 8.78 Å². The van der Waals surface area contributed by atoms with Crippen molar-refractivity contribution in [2.24, 2.45) is 0 Å². The van der Waals surface area contributed by atoms with Crippen molar-refractivity contribution in [3.8, 4) is 0 Å². The molecule has 1 fully saturated rings. The number of amides is 2. The van der Waals surface area contributed by atoms with E-state index >= 15 is 0 Å². The minimum absolute atomic E-state index is 0.273. The van der Waals surface area contributed by atoms with Crippen LogP contribution in [0, 0.1) is 0 Å². The molecule has 15 heavy (non-hydrogen) atoms. The van der Waals surface area contributed by atoms with Gasteiger partial charge in [0.05, 0.1) is 0 Å². The summed E-state index contributed by atoms with van der Waals surface area (Å²) in [5.41, 5.74) is 0. The molecule has 0 bridgehead atoms. The predicted octanol–water partition coefficient (Wildman–Crippen LogP) is -0.446. The molecule has 3 N–H and O–H groups in total. The van der Waals surface area contributed by atoms with Crippen LogP contribution in [0.3, 0.4) is 0 Å². The third-order valence-electron chi connectivity index (χ3n) is 1.77. The Hall–Kier alpha value is -0.890. The Balaban J connectivity index is 2.27. The number of alkyl halides is 2. The van der Waals surface area contributed by atoms with Crippen molar-refractivity contribution in [1.29, 1.82) is 0 Å². The van der Waals surface area contributed by atoms with E-state index in [2.05, 4.69) is 10.6 Å². The maximum Gasteiger partial charge on any atom is 0.279 e. The molecule has 0 saturated carbocycles. The Bertz CT molecular complexity index is 265. The molecule has 2 amide bonds. The van der Waals surface area contributed by atoms with Gasteiger partial charge in [0.15, 0.2) is 0 Å². The molecule has 0 radical (unpaired) electrons. The van der Waals surface area contributed by atoms with E-state index in [1.54, 1.807) is 0 Å². The molecule has 0 aromatic heterocycles. The van der Waals surface area contributed by atoms with Crippen LogP contribution in [0.25, 0.3) is 0 Å². The van der Waals surface area contributed by atoms with Crippen molar-refractivity contribution in [2.45, 2.75) is 18.6 Å². The molecule has 1 aliphatic heterocycles. The molecule has 5 nitrogen and oxygen atoms in total. The summed E-state index contributed by atoms with van der Waals surface area (Å²) in [5.74, 6) is -0.289. The van der Waals surface area contributed by atoms with Crippen molar-refractivity contribution in [2.75, 3.05) is 12.3 Å². The van der Waals surface area contributed by atoms with Crippen LogP contribution in [0.4, 0.5) is 13.6 Å². The fraction of sp³-hybridized carbons (Fsp3) is 0.714. The summed E-state index contributed by atoms with van der Waals surface area (Å²) in [7, 11) is 0. The molecule has 0 spiro atoms. The lowest BCUT2D eigenvalue weighted by atomic mass is 10.3. The van der Waals surface area contributed by atoms with Crippen LogP contribution < -0.4 is 10.6 Å². The first-order chi connectivity index (χ1) is 7.00. The van der Waals surface area contributed by atoms with Gasteiger partial charge in [-0.1, -0.05) is 11.8 Å². The minimum Gasteiger partial charge on any atom is -0.385 e. The van der Waals surface area contributed by atoms with Crippen molar-refractivity contribution in [3.63, 3.8) is 0 Å². The zero-order valence-electron chi connectivity index (χ0n) is 7.57. The summed E-state index contributed by atoms with van der Waals surface area (Å²) in [6.45, 7) is -0.520. The number of carbonyl (C=O) groups excluding carboxylic acids is 2. The highest BCUT2D eigenvalue weighted by Crippen LogP contribution is 2.12. The Morgan fingerprint density at radius 2 is 2.40 bits per heavy atom. The van der Waals surface area contributed by atoms with Gasteiger partial charge in [-0.05, 0) is 0 Å². The summed E-state index contributed by atoms with van der Waals surface area (Å²) < 4.78 is 23.7. The number of aliphatic hydroxyl groups excluding tert-OH is 1. The first-order valence-electron chi connectivity index (χ1n) is 4.18. The van der Waals surface area contributed by atoms with E-state index < -0.39 is 31.0 Å². The van der Waals surface area contributed by atoms with Crippen molar-refractivity contribution < 1.29 is 23.5 Å². The summed E-state index contributed by atoms with van der Waals surface area (Å²) in [4.78, 5) is 21.9. The Morgan fingerprint density at radius 1 is 1.73 bits per heavy atom. The van der Waals surface area contributed by atoms with Crippen molar-refractivity contribution in [3.05, 3.63) is 0 Å². The van der Waals surface area contributed by atoms with Gasteiger partial charge in [0.2, 0.25) is 5.91 Å². The topological polar surface area (TPSA) is 78.4 Å². The smallest absolute Gasteiger partial charge is 0.279 e. The Labute approximate surface area is 88.6 Å². The van der Waals surface area contributed by atoms with Gasteiger partial charge in [0.1, 0.15) is 12.1 Å². The van der Waals surface area contributed by atoms with Crippen molar-refractivity contribution >= 4 is 22.9 Å². The molecule has 2 atom stereocenters. The SMILES string of the molecule is O=C1NC(C(=O)NCC(O)C(F)F)CS1. The fourth-order valence-corrected chi connectivity index (χ4v) is 1.72. The monoisotopic (exact) mass is 240 g/mol. The number of aliphatic hydroxyl groups is 1. The number of carbonyl (C=O) groups is 2. The van der Waals surface area contributed by atoms with Crippen LogP contribution in [0.15, 0.2) is 0 Å². The maximum atomic E-state index is 11.8. The van der Waals surface area contributed by atoms with Crippen LogP contribution in [0.1, 0.15) is 0 Å². The molecular weight excluding hydrogens is 230 g/mol. The van der Waals surface area contributed by atoms with Crippen LogP contribution in [0.2, 0.25) is 0 Å². The van der Waals surface area contributed by atoms with Crippen LogP contribution in [-0.4, -0.2) is 47.1 Å². The molecule has 1 aliphatic rings. The quantitative estimate of drug-likeness (QED) is 0.622. The first kappa shape index (κ1) is 12.2. The highest BCUT2D eigenvalue weighted by atomic mass is 32.2. The largest absolute Gasteiger partial charge is 0.385 e. The lowest BCUT2D eigenvalue weighted by molar-refractivity contribution is -0.123. The molecule has 1 rings (SSSR count). The van der Waals surface area contributed by atoms with E-state index in [0.717, 1.165) is 11.8 Å². The molecular formula is C7H10F2N2O3S. The normalized spacial score (nSPS) is 22.7. The summed E-state index contributed by atoms with van der Waals surface area (Å²) in [6, 6.07) is -0.702. The molecule has 0 aliphatic carbocycles. The maximum absolute atomic E-state index is 11.8.